The molecule has 4 heteroatoms. The molecule has 0 aromatic heterocycles. The van der Waals surface area contributed by atoms with Crippen LogP contribution in [0.1, 0.15) is 10.4 Å². The maximum atomic E-state index is 12.6. The number of carbonyl (C=O) groups excluding carboxylic acids is 1. The van der Waals surface area contributed by atoms with Crippen LogP contribution in [0.25, 0.3) is 0 Å². The Labute approximate surface area is 128 Å². The van der Waals surface area contributed by atoms with E-state index in [-0.39, 0.29) is 5.91 Å². The first-order valence-corrected chi connectivity index (χ1v) is 6.82. The van der Waals surface area contributed by atoms with Crippen molar-refractivity contribution in [3.63, 3.8) is 0 Å². The highest BCUT2D eigenvalue weighted by Gasteiger charge is 2.17. The Hall–Kier alpha value is -1.77. The third-order valence-electron chi connectivity index (χ3n) is 2.79. The largest absolute Gasteiger partial charge is 0.305 e. The topological polar surface area (TPSA) is 20.3 Å². The Morgan fingerprint density at radius 1 is 1.10 bits per heavy atom. The zero-order chi connectivity index (χ0) is 14.5. The van der Waals surface area contributed by atoms with Crippen LogP contribution in [0.5, 0.6) is 0 Å². The second-order valence-corrected chi connectivity index (χ2v) is 4.98. The van der Waals surface area contributed by atoms with Gasteiger partial charge in [0, 0.05) is 17.8 Å². The van der Waals surface area contributed by atoms with Gasteiger partial charge in [0.15, 0.2) is 0 Å². The lowest BCUT2D eigenvalue weighted by molar-refractivity contribution is 0.0989. The first-order valence-electron chi connectivity index (χ1n) is 6.06. The van der Waals surface area contributed by atoms with Gasteiger partial charge in [0.2, 0.25) is 0 Å². The van der Waals surface area contributed by atoms with Gasteiger partial charge in [0.1, 0.15) is 0 Å². The molecule has 0 spiro atoms. The van der Waals surface area contributed by atoms with Crippen LogP contribution in [-0.2, 0) is 0 Å². The number of halogens is 2. The minimum absolute atomic E-state index is 0.144. The minimum atomic E-state index is -0.144. The Morgan fingerprint density at radius 3 is 2.40 bits per heavy atom. The standard InChI is InChI=1S/C16H13Cl2NO/c1-2-10-19(13-6-4-3-5-7-13)16(20)12-8-9-14(17)15(18)11-12/h2-9,11H,1,10H2. The van der Waals surface area contributed by atoms with Gasteiger partial charge in [-0.3, -0.25) is 4.79 Å². The molecule has 20 heavy (non-hydrogen) atoms. The van der Waals surface area contributed by atoms with Crippen molar-refractivity contribution in [1.29, 1.82) is 0 Å². The highest BCUT2D eigenvalue weighted by molar-refractivity contribution is 6.42. The first-order chi connectivity index (χ1) is 9.63. The van der Waals surface area contributed by atoms with E-state index in [1.54, 1.807) is 29.2 Å². The van der Waals surface area contributed by atoms with Crippen molar-refractivity contribution in [2.45, 2.75) is 0 Å². The quantitative estimate of drug-likeness (QED) is 0.741. The molecule has 2 aromatic rings. The average molecular weight is 306 g/mol. The summed E-state index contributed by atoms with van der Waals surface area (Å²) in [6, 6.07) is 14.3. The summed E-state index contributed by atoms with van der Waals surface area (Å²) in [7, 11) is 0. The molecular weight excluding hydrogens is 293 g/mol. The lowest BCUT2D eigenvalue weighted by Crippen LogP contribution is -2.30. The number of carbonyl (C=O) groups is 1. The third kappa shape index (κ3) is 3.21. The predicted octanol–water partition coefficient (Wildman–Crippen LogP) is 4.83. The molecule has 0 fully saturated rings. The molecule has 1 amide bonds. The van der Waals surface area contributed by atoms with Gasteiger partial charge in [-0.1, -0.05) is 47.5 Å². The molecule has 0 bridgehead atoms. The summed E-state index contributed by atoms with van der Waals surface area (Å²) in [6.07, 6.45) is 1.68. The van der Waals surface area contributed by atoms with E-state index in [0.29, 0.717) is 22.2 Å². The van der Waals surface area contributed by atoms with Crippen molar-refractivity contribution in [2.75, 3.05) is 11.4 Å². The number of amides is 1. The number of nitrogens with zero attached hydrogens (tertiary/aromatic N) is 1. The predicted molar refractivity (Wildman–Crippen MR) is 84.8 cm³/mol. The van der Waals surface area contributed by atoms with Crippen molar-refractivity contribution in [3.05, 3.63) is 76.8 Å². The fourth-order valence-electron chi connectivity index (χ4n) is 1.83. The van der Waals surface area contributed by atoms with Gasteiger partial charge >= 0.3 is 0 Å². The molecule has 0 aliphatic heterocycles. The number of hydrogen-bond acceptors (Lipinski definition) is 1. The average Bonchev–Trinajstić information content (AvgIpc) is 2.48. The second-order valence-electron chi connectivity index (χ2n) is 4.17. The number of benzene rings is 2. The first kappa shape index (κ1) is 14.6. The number of anilines is 1. The second kappa shape index (κ2) is 6.60. The molecule has 2 aromatic carbocycles. The molecule has 0 saturated heterocycles. The van der Waals surface area contributed by atoms with E-state index < -0.39 is 0 Å². The lowest BCUT2D eigenvalue weighted by Gasteiger charge is -2.21. The van der Waals surface area contributed by atoms with E-state index in [2.05, 4.69) is 6.58 Å². The van der Waals surface area contributed by atoms with Gasteiger partial charge in [0.25, 0.3) is 5.91 Å². The van der Waals surface area contributed by atoms with E-state index in [1.165, 1.54) is 0 Å². The number of rotatable bonds is 4. The summed E-state index contributed by atoms with van der Waals surface area (Å²) in [4.78, 5) is 14.2. The Kier molecular flexibility index (Phi) is 4.83. The maximum Gasteiger partial charge on any atom is 0.258 e. The molecule has 0 unspecified atom stereocenters. The highest BCUT2D eigenvalue weighted by atomic mass is 35.5. The molecule has 0 atom stereocenters. The van der Waals surface area contributed by atoms with Gasteiger partial charge in [0.05, 0.1) is 10.0 Å². The lowest BCUT2D eigenvalue weighted by atomic mass is 10.1. The summed E-state index contributed by atoms with van der Waals surface area (Å²) >= 11 is 11.8. The zero-order valence-electron chi connectivity index (χ0n) is 10.7. The van der Waals surface area contributed by atoms with Crippen LogP contribution in [0.2, 0.25) is 10.0 Å². The summed E-state index contributed by atoms with van der Waals surface area (Å²) in [5.74, 6) is -0.144. The molecular formula is C16H13Cl2NO. The fraction of sp³-hybridized carbons (Fsp3) is 0.0625. The zero-order valence-corrected chi connectivity index (χ0v) is 12.2. The van der Waals surface area contributed by atoms with Crippen LogP contribution >= 0.6 is 23.2 Å². The maximum absolute atomic E-state index is 12.6. The van der Waals surface area contributed by atoms with Crippen LogP contribution in [0.4, 0.5) is 5.69 Å². The summed E-state index contributed by atoms with van der Waals surface area (Å²) in [5, 5.41) is 0.794. The smallest absolute Gasteiger partial charge is 0.258 e. The molecule has 0 heterocycles. The van der Waals surface area contributed by atoms with Crippen molar-refractivity contribution < 1.29 is 4.79 Å². The van der Waals surface area contributed by atoms with Gasteiger partial charge in [-0.25, -0.2) is 0 Å². The summed E-state index contributed by atoms with van der Waals surface area (Å²) < 4.78 is 0. The Balaban J connectivity index is 2.36. The minimum Gasteiger partial charge on any atom is -0.305 e. The molecule has 102 valence electrons. The third-order valence-corrected chi connectivity index (χ3v) is 3.53. The fourth-order valence-corrected chi connectivity index (χ4v) is 2.13. The summed E-state index contributed by atoms with van der Waals surface area (Å²) in [5.41, 5.74) is 1.30. The molecule has 0 aliphatic rings. The van der Waals surface area contributed by atoms with Crippen LogP contribution in [0.3, 0.4) is 0 Å². The van der Waals surface area contributed by atoms with Gasteiger partial charge in [-0.15, -0.1) is 6.58 Å². The molecule has 0 aliphatic carbocycles. The highest BCUT2D eigenvalue weighted by Crippen LogP contribution is 2.24. The van der Waals surface area contributed by atoms with Gasteiger partial charge in [-0.05, 0) is 30.3 Å². The molecule has 0 radical (unpaired) electrons. The number of hydrogen-bond donors (Lipinski definition) is 0. The van der Waals surface area contributed by atoms with Gasteiger partial charge in [-0.2, -0.15) is 0 Å². The molecule has 0 saturated carbocycles. The van der Waals surface area contributed by atoms with E-state index in [0.717, 1.165) is 5.69 Å². The van der Waals surface area contributed by atoms with Crippen LogP contribution in [0.15, 0.2) is 61.2 Å². The van der Waals surface area contributed by atoms with Crippen LogP contribution in [0, 0.1) is 0 Å². The summed E-state index contributed by atoms with van der Waals surface area (Å²) in [6.45, 7) is 4.11. The molecule has 0 N–H and O–H groups in total. The Morgan fingerprint density at radius 2 is 1.80 bits per heavy atom. The monoisotopic (exact) mass is 305 g/mol. The van der Waals surface area contributed by atoms with E-state index in [4.69, 9.17) is 23.2 Å². The SMILES string of the molecule is C=CCN(C(=O)c1ccc(Cl)c(Cl)c1)c1ccccc1. The van der Waals surface area contributed by atoms with Crippen molar-refractivity contribution in [2.24, 2.45) is 0 Å². The molecule has 2 rings (SSSR count). The van der Waals surface area contributed by atoms with Crippen LogP contribution in [-0.4, -0.2) is 12.5 Å². The normalized spacial score (nSPS) is 10.1. The van der Waals surface area contributed by atoms with Crippen molar-refractivity contribution in [1.82, 2.24) is 0 Å². The van der Waals surface area contributed by atoms with Crippen LogP contribution < -0.4 is 4.90 Å². The van der Waals surface area contributed by atoms with Gasteiger partial charge < -0.3 is 4.90 Å². The molecule has 2 nitrogen and oxygen atoms in total. The van der Waals surface area contributed by atoms with Crippen molar-refractivity contribution >= 4 is 34.8 Å². The number of para-hydroxylation sites is 1. The van der Waals surface area contributed by atoms with E-state index in [1.807, 2.05) is 30.3 Å². The van der Waals surface area contributed by atoms with E-state index in [9.17, 15) is 4.79 Å². The Bertz CT molecular complexity index is 626. The van der Waals surface area contributed by atoms with Crippen molar-refractivity contribution in [3.8, 4) is 0 Å². The van der Waals surface area contributed by atoms with E-state index >= 15 is 0 Å².